The van der Waals surface area contributed by atoms with Crippen LogP contribution in [0.1, 0.15) is 17.5 Å². The SMILES string of the molecule is Clc1cncnc1NC1CCc2ccccc2C1. The van der Waals surface area contributed by atoms with Crippen LogP contribution in [0.15, 0.2) is 36.8 Å². The predicted octanol–water partition coefficient (Wildman–Crippen LogP) is 3.10. The molecule has 0 saturated heterocycles. The lowest BCUT2D eigenvalue weighted by molar-refractivity contribution is 0.608. The van der Waals surface area contributed by atoms with Gasteiger partial charge in [-0.25, -0.2) is 9.97 Å². The Bertz CT molecular complexity index is 556. The number of nitrogens with one attached hydrogen (secondary N) is 1. The second-order valence-corrected chi connectivity index (χ2v) is 4.98. The molecule has 1 heterocycles. The minimum absolute atomic E-state index is 0.396. The van der Waals surface area contributed by atoms with Crippen LogP contribution in [0.5, 0.6) is 0 Å². The van der Waals surface area contributed by atoms with Gasteiger partial charge < -0.3 is 5.32 Å². The molecule has 0 aliphatic heterocycles. The summed E-state index contributed by atoms with van der Waals surface area (Å²) >= 11 is 6.06. The summed E-state index contributed by atoms with van der Waals surface area (Å²) in [5.41, 5.74) is 2.88. The van der Waals surface area contributed by atoms with E-state index >= 15 is 0 Å². The van der Waals surface area contributed by atoms with Crippen molar-refractivity contribution >= 4 is 17.4 Å². The molecule has 4 heteroatoms. The molecular weight excluding hydrogens is 246 g/mol. The summed E-state index contributed by atoms with van der Waals surface area (Å²) in [6, 6.07) is 9.01. The fraction of sp³-hybridized carbons (Fsp3) is 0.286. The van der Waals surface area contributed by atoms with Crippen molar-refractivity contribution in [3.8, 4) is 0 Å². The number of anilines is 1. The summed E-state index contributed by atoms with van der Waals surface area (Å²) in [7, 11) is 0. The van der Waals surface area contributed by atoms with E-state index in [2.05, 4.69) is 39.6 Å². The van der Waals surface area contributed by atoms with E-state index in [1.54, 1.807) is 6.20 Å². The quantitative estimate of drug-likeness (QED) is 0.901. The molecule has 0 amide bonds. The average Bonchev–Trinajstić information content (AvgIpc) is 2.41. The molecule has 0 radical (unpaired) electrons. The monoisotopic (exact) mass is 259 g/mol. The third kappa shape index (κ3) is 2.31. The van der Waals surface area contributed by atoms with Crippen LogP contribution in [0.4, 0.5) is 5.82 Å². The fourth-order valence-electron chi connectivity index (χ4n) is 2.43. The molecule has 3 rings (SSSR count). The van der Waals surface area contributed by atoms with Crippen LogP contribution in [0, 0.1) is 0 Å². The molecule has 0 spiro atoms. The Labute approximate surface area is 111 Å². The minimum atomic E-state index is 0.396. The lowest BCUT2D eigenvalue weighted by atomic mass is 9.88. The van der Waals surface area contributed by atoms with E-state index in [1.165, 1.54) is 17.5 Å². The number of rotatable bonds is 2. The summed E-state index contributed by atoms with van der Waals surface area (Å²) in [4.78, 5) is 8.07. The Morgan fingerprint density at radius 1 is 1.22 bits per heavy atom. The molecule has 1 N–H and O–H groups in total. The van der Waals surface area contributed by atoms with E-state index in [1.807, 2.05) is 0 Å². The van der Waals surface area contributed by atoms with Gasteiger partial charge in [-0.1, -0.05) is 35.9 Å². The molecule has 18 heavy (non-hydrogen) atoms. The Hall–Kier alpha value is -1.61. The van der Waals surface area contributed by atoms with E-state index in [0.717, 1.165) is 25.1 Å². The summed E-state index contributed by atoms with van der Waals surface area (Å²) in [6.45, 7) is 0. The van der Waals surface area contributed by atoms with E-state index in [-0.39, 0.29) is 0 Å². The number of benzene rings is 1. The van der Waals surface area contributed by atoms with Crippen LogP contribution < -0.4 is 5.32 Å². The number of aromatic nitrogens is 2. The first-order valence-electron chi connectivity index (χ1n) is 6.12. The maximum absolute atomic E-state index is 6.06. The Morgan fingerprint density at radius 2 is 2.06 bits per heavy atom. The maximum atomic E-state index is 6.06. The van der Waals surface area contributed by atoms with Gasteiger partial charge in [-0.2, -0.15) is 0 Å². The van der Waals surface area contributed by atoms with Crippen molar-refractivity contribution in [1.82, 2.24) is 9.97 Å². The predicted molar refractivity (Wildman–Crippen MR) is 72.9 cm³/mol. The van der Waals surface area contributed by atoms with Crippen LogP contribution in [0.2, 0.25) is 5.02 Å². The highest BCUT2D eigenvalue weighted by Gasteiger charge is 2.18. The van der Waals surface area contributed by atoms with Gasteiger partial charge in [0.15, 0.2) is 0 Å². The zero-order valence-corrected chi connectivity index (χ0v) is 10.7. The van der Waals surface area contributed by atoms with Gasteiger partial charge in [-0.05, 0) is 30.4 Å². The first-order chi connectivity index (χ1) is 8.83. The van der Waals surface area contributed by atoms with Gasteiger partial charge >= 0.3 is 0 Å². The van der Waals surface area contributed by atoms with Gasteiger partial charge in [0.1, 0.15) is 17.2 Å². The maximum Gasteiger partial charge on any atom is 0.148 e. The van der Waals surface area contributed by atoms with Crippen molar-refractivity contribution in [3.05, 3.63) is 52.9 Å². The summed E-state index contributed by atoms with van der Waals surface area (Å²) in [5.74, 6) is 0.732. The zero-order valence-electron chi connectivity index (χ0n) is 9.94. The van der Waals surface area contributed by atoms with E-state index in [0.29, 0.717) is 11.1 Å². The molecule has 0 bridgehead atoms. The van der Waals surface area contributed by atoms with Gasteiger partial charge in [-0.3, -0.25) is 0 Å². The van der Waals surface area contributed by atoms with Crippen molar-refractivity contribution in [3.63, 3.8) is 0 Å². The number of hydrogen-bond donors (Lipinski definition) is 1. The van der Waals surface area contributed by atoms with Gasteiger partial charge in [0.2, 0.25) is 0 Å². The fourth-order valence-corrected chi connectivity index (χ4v) is 2.59. The molecular formula is C14H14ClN3. The van der Waals surface area contributed by atoms with E-state index < -0.39 is 0 Å². The molecule has 1 aromatic heterocycles. The van der Waals surface area contributed by atoms with Gasteiger partial charge in [0.25, 0.3) is 0 Å². The molecule has 0 fully saturated rings. The highest BCUT2D eigenvalue weighted by Crippen LogP contribution is 2.25. The second kappa shape index (κ2) is 4.94. The minimum Gasteiger partial charge on any atom is -0.366 e. The van der Waals surface area contributed by atoms with E-state index in [9.17, 15) is 0 Å². The lowest BCUT2D eigenvalue weighted by Gasteiger charge is -2.26. The summed E-state index contributed by atoms with van der Waals surface area (Å²) in [5, 5.41) is 3.99. The van der Waals surface area contributed by atoms with Crippen LogP contribution in [0.25, 0.3) is 0 Å². The van der Waals surface area contributed by atoms with Crippen LogP contribution in [0.3, 0.4) is 0 Å². The van der Waals surface area contributed by atoms with Gasteiger partial charge in [0, 0.05) is 6.04 Å². The summed E-state index contributed by atoms with van der Waals surface area (Å²) < 4.78 is 0. The number of nitrogens with zero attached hydrogens (tertiary/aromatic N) is 2. The molecule has 0 saturated carbocycles. The largest absolute Gasteiger partial charge is 0.366 e. The molecule has 1 aliphatic carbocycles. The third-order valence-electron chi connectivity index (χ3n) is 3.36. The van der Waals surface area contributed by atoms with Crippen molar-refractivity contribution in [2.45, 2.75) is 25.3 Å². The molecule has 1 unspecified atom stereocenters. The Kier molecular flexibility index (Phi) is 3.15. The highest BCUT2D eigenvalue weighted by molar-refractivity contribution is 6.32. The van der Waals surface area contributed by atoms with Crippen molar-refractivity contribution < 1.29 is 0 Å². The van der Waals surface area contributed by atoms with Crippen molar-refractivity contribution in [2.75, 3.05) is 5.32 Å². The standard InChI is InChI=1S/C14H14ClN3/c15-13-8-16-9-17-14(13)18-12-6-5-10-3-1-2-4-11(10)7-12/h1-4,8-9,12H,5-7H2,(H,16,17,18). The Morgan fingerprint density at radius 3 is 2.89 bits per heavy atom. The summed E-state index contributed by atoms with van der Waals surface area (Å²) in [6.07, 6.45) is 6.38. The van der Waals surface area contributed by atoms with Gasteiger partial charge in [-0.15, -0.1) is 0 Å². The average molecular weight is 260 g/mol. The lowest BCUT2D eigenvalue weighted by Crippen LogP contribution is -2.27. The molecule has 1 aromatic carbocycles. The van der Waals surface area contributed by atoms with Gasteiger partial charge in [0.05, 0.1) is 6.20 Å². The number of aryl methyl sites for hydroxylation is 1. The smallest absolute Gasteiger partial charge is 0.148 e. The molecule has 3 nitrogen and oxygen atoms in total. The highest BCUT2D eigenvalue weighted by atomic mass is 35.5. The zero-order chi connectivity index (χ0) is 12.4. The van der Waals surface area contributed by atoms with Crippen LogP contribution in [-0.2, 0) is 12.8 Å². The molecule has 92 valence electrons. The van der Waals surface area contributed by atoms with Crippen molar-refractivity contribution in [1.29, 1.82) is 0 Å². The van der Waals surface area contributed by atoms with Crippen LogP contribution in [-0.4, -0.2) is 16.0 Å². The number of hydrogen-bond acceptors (Lipinski definition) is 3. The number of fused-ring (bicyclic) bond motifs is 1. The van der Waals surface area contributed by atoms with Crippen molar-refractivity contribution in [2.24, 2.45) is 0 Å². The molecule has 1 atom stereocenters. The number of halogens is 1. The molecule has 1 aliphatic rings. The van der Waals surface area contributed by atoms with E-state index in [4.69, 9.17) is 11.6 Å². The Balaban J connectivity index is 1.75. The normalized spacial score (nSPS) is 18.2. The topological polar surface area (TPSA) is 37.8 Å². The second-order valence-electron chi connectivity index (χ2n) is 4.57. The third-order valence-corrected chi connectivity index (χ3v) is 3.63. The van der Waals surface area contributed by atoms with Crippen LogP contribution >= 0.6 is 11.6 Å². The first-order valence-corrected chi connectivity index (χ1v) is 6.49. The first kappa shape index (κ1) is 11.5. The molecule has 2 aromatic rings.